The van der Waals surface area contributed by atoms with Crippen LogP contribution in [-0.2, 0) is 4.79 Å². The average Bonchev–Trinajstić information content (AvgIpc) is 2.56. The highest BCUT2D eigenvalue weighted by Crippen LogP contribution is 2.24. The second kappa shape index (κ2) is 13.1. The molecule has 2 rings (SSSR count). The van der Waals surface area contributed by atoms with E-state index in [0.29, 0.717) is 43.8 Å². The van der Waals surface area contributed by atoms with E-state index in [0.717, 1.165) is 32.4 Å². The molecule has 0 saturated carbocycles. The third-order valence-electron chi connectivity index (χ3n) is 5.63. The van der Waals surface area contributed by atoms with E-state index in [1.165, 1.54) is 17.7 Å². The van der Waals surface area contributed by atoms with Crippen molar-refractivity contribution in [2.24, 2.45) is 17.8 Å². The Morgan fingerprint density at radius 1 is 1.22 bits per heavy atom. The number of nitrogens with one attached hydrogen (secondary N) is 2. The van der Waals surface area contributed by atoms with Crippen LogP contribution in [0.2, 0.25) is 0 Å². The lowest BCUT2D eigenvalue weighted by molar-refractivity contribution is -0.148. The maximum atomic E-state index is 12.4. The number of rotatable bonds is 7. The minimum Gasteiger partial charge on any atom is -0.356 e. The summed E-state index contributed by atoms with van der Waals surface area (Å²) in [6, 6.07) is 0. The van der Waals surface area contributed by atoms with E-state index in [4.69, 9.17) is 0 Å². The molecule has 0 bridgehead atoms. The second-order valence-electron chi connectivity index (χ2n) is 7.76. The van der Waals surface area contributed by atoms with Crippen LogP contribution in [-0.4, -0.2) is 56.3 Å². The SMILES string of the molecule is CC(CC(=O)NCCC1CCN(CC(F)(F)F)CC1)C1CCCNC1.Cl.Cl. The van der Waals surface area contributed by atoms with Crippen LogP contribution in [0.4, 0.5) is 13.2 Å². The molecule has 0 spiro atoms. The molecule has 9 heteroatoms. The van der Waals surface area contributed by atoms with Gasteiger partial charge in [-0.15, -0.1) is 24.8 Å². The summed E-state index contributed by atoms with van der Waals surface area (Å²) in [7, 11) is 0. The topological polar surface area (TPSA) is 44.4 Å². The molecule has 2 N–H and O–H groups in total. The Hall–Kier alpha value is -0.240. The van der Waals surface area contributed by atoms with E-state index in [1.54, 1.807) is 0 Å². The van der Waals surface area contributed by atoms with E-state index in [-0.39, 0.29) is 30.7 Å². The lowest BCUT2D eigenvalue weighted by Gasteiger charge is -2.32. The Morgan fingerprint density at radius 3 is 2.44 bits per heavy atom. The maximum Gasteiger partial charge on any atom is 0.401 e. The van der Waals surface area contributed by atoms with Crippen molar-refractivity contribution in [1.29, 1.82) is 0 Å². The van der Waals surface area contributed by atoms with Gasteiger partial charge in [-0.2, -0.15) is 13.2 Å². The minimum absolute atomic E-state index is 0. The standard InChI is InChI=1S/C18H32F3N3O.2ClH/c1-14(16-3-2-7-22-12-16)11-17(25)23-8-4-15-5-9-24(10-6-15)13-18(19,20)21;;/h14-16,22H,2-13H2,1H3,(H,23,25);2*1H. The lowest BCUT2D eigenvalue weighted by atomic mass is 9.85. The minimum atomic E-state index is -4.11. The van der Waals surface area contributed by atoms with E-state index in [9.17, 15) is 18.0 Å². The van der Waals surface area contributed by atoms with Crippen LogP contribution in [0.25, 0.3) is 0 Å². The summed E-state index contributed by atoms with van der Waals surface area (Å²) in [6.45, 7) is 5.08. The number of piperidine rings is 2. The molecule has 0 radical (unpaired) electrons. The zero-order valence-electron chi connectivity index (χ0n) is 16.0. The Bertz CT molecular complexity index is 413. The molecule has 2 saturated heterocycles. The predicted octanol–water partition coefficient (Wildman–Crippen LogP) is 3.64. The summed E-state index contributed by atoms with van der Waals surface area (Å²) in [5.74, 6) is 1.49. The van der Waals surface area contributed by atoms with Gasteiger partial charge in [0.15, 0.2) is 0 Å². The molecule has 2 heterocycles. The number of alkyl halides is 3. The summed E-state index contributed by atoms with van der Waals surface area (Å²) in [4.78, 5) is 13.6. The molecular weight excluding hydrogens is 402 g/mol. The zero-order valence-corrected chi connectivity index (χ0v) is 17.7. The molecule has 0 aromatic heterocycles. The molecule has 0 aromatic carbocycles. The Balaban J connectivity index is 0.00000338. The van der Waals surface area contributed by atoms with E-state index in [1.807, 2.05) is 0 Å². The predicted molar refractivity (Wildman–Crippen MR) is 107 cm³/mol. The number of amides is 1. The van der Waals surface area contributed by atoms with Gasteiger partial charge in [0.05, 0.1) is 6.54 Å². The van der Waals surface area contributed by atoms with Gasteiger partial charge < -0.3 is 10.6 Å². The highest BCUT2D eigenvalue weighted by Gasteiger charge is 2.32. The van der Waals surface area contributed by atoms with Crippen LogP contribution in [0.3, 0.4) is 0 Å². The van der Waals surface area contributed by atoms with Crippen molar-refractivity contribution in [3.63, 3.8) is 0 Å². The van der Waals surface area contributed by atoms with Crippen molar-refractivity contribution < 1.29 is 18.0 Å². The van der Waals surface area contributed by atoms with Crippen LogP contribution in [0.15, 0.2) is 0 Å². The third kappa shape index (κ3) is 10.8. The maximum absolute atomic E-state index is 12.4. The number of carbonyl (C=O) groups is 1. The number of nitrogens with zero attached hydrogens (tertiary/aromatic N) is 1. The van der Waals surface area contributed by atoms with Crippen molar-refractivity contribution >= 4 is 30.7 Å². The number of carbonyl (C=O) groups excluding carboxylic acids is 1. The average molecular weight is 436 g/mol. The van der Waals surface area contributed by atoms with Gasteiger partial charge in [-0.3, -0.25) is 9.69 Å². The largest absolute Gasteiger partial charge is 0.401 e. The quantitative estimate of drug-likeness (QED) is 0.641. The molecular formula is C18H34Cl2F3N3O. The van der Waals surface area contributed by atoms with Crippen molar-refractivity contribution in [2.75, 3.05) is 39.3 Å². The molecule has 2 aliphatic rings. The summed E-state index contributed by atoms with van der Waals surface area (Å²) >= 11 is 0. The van der Waals surface area contributed by atoms with Gasteiger partial charge in [0.25, 0.3) is 0 Å². The first-order valence-electron chi connectivity index (χ1n) is 9.60. The second-order valence-corrected chi connectivity index (χ2v) is 7.76. The van der Waals surface area contributed by atoms with Gasteiger partial charge in [0.1, 0.15) is 0 Å². The van der Waals surface area contributed by atoms with Crippen LogP contribution >= 0.6 is 24.8 Å². The van der Waals surface area contributed by atoms with Crippen LogP contribution < -0.4 is 10.6 Å². The van der Waals surface area contributed by atoms with Crippen molar-refractivity contribution in [1.82, 2.24) is 15.5 Å². The number of halogens is 5. The molecule has 0 aromatic rings. The Morgan fingerprint density at radius 2 is 1.89 bits per heavy atom. The van der Waals surface area contributed by atoms with Crippen molar-refractivity contribution in [3.05, 3.63) is 0 Å². The fourth-order valence-electron chi connectivity index (χ4n) is 4.00. The highest BCUT2D eigenvalue weighted by molar-refractivity contribution is 5.85. The van der Waals surface area contributed by atoms with Crippen LogP contribution in [0.1, 0.15) is 45.4 Å². The molecule has 4 nitrogen and oxygen atoms in total. The normalized spacial score (nSPS) is 23.0. The first kappa shape index (κ1) is 26.8. The summed E-state index contributed by atoms with van der Waals surface area (Å²) in [6.07, 6.45) is 1.28. The highest BCUT2D eigenvalue weighted by atomic mass is 35.5. The molecule has 2 unspecified atom stereocenters. The lowest BCUT2D eigenvalue weighted by Crippen LogP contribution is -2.40. The number of hydrogen-bond acceptors (Lipinski definition) is 3. The summed E-state index contributed by atoms with van der Waals surface area (Å²) in [5.41, 5.74) is 0. The molecule has 0 aliphatic carbocycles. The zero-order chi connectivity index (χ0) is 18.3. The fraction of sp³-hybridized carbons (Fsp3) is 0.944. The van der Waals surface area contributed by atoms with Gasteiger partial charge in [0, 0.05) is 13.0 Å². The molecule has 1 amide bonds. The van der Waals surface area contributed by atoms with Gasteiger partial charge >= 0.3 is 6.18 Å². The van der Waals surface area contributed by atoms with Crippen LogP contribution in [0.5, 0.6) is 0 Å². The molecule has 2 aliphatic heterocycles. The fourth-order valence-corrected chi connectivity index (χ4v) is 4.00. The first-order valence-corrected chi connectivity index (χ1v) is 9.60. The molecule has 27 heavy (non-hydrogen) atoms. The van der Waals surface area contributed by atoms with E-state index < -0.39 is 12.7 Å². The molecule has 2 atom stereocenters. The number of hydrogen-bond donors (Lipinski definition) is 2. The van der Waals surface area contributed by atoms with Gasteiger partial charge in [0.2, 0.25) is 5.91 Å². The van der Waals surface area contributed by atoms with Crippen molar-refractivity contribution in [3.8, 4) is 0 Å². The monoisotopic (exact) mass is 435 g/mol. The van der Waals surface area contributed by atoms with E-state index in [2.05, 4.69) is 17.6 Å². The van der Waals surface area contributed by atoms with Crippen LogP contribution in [0, 0.1) is 17.8 Å². The smallest absolute Gasteiger partial charge is 0.356 e. The van der Waals surface area contributed by atoms with Gasteiger partial charge in [-0.25, -0.2) is 0 Å². The third-order valence-corrected chi connectivity index (χ3v) is 5.63. The van der Waals surface area contributed by atoms with Crippen molar-refractivity contribution in [2.45, 2.75) is 51.6 Å². The molecule has 162 valence electrons. The Labute approximate surface area is 173 Å². The first-order chi connectivity index (χ1) is 11.8. The summed E-state index contributed by atoms with van der Waals surface area (Å²) in [5, 5.41) is 6.38. The van der Waals surface area contributed by atoms with Gasteiger partial charge in [-0.1, -0.05) is 6.92 Å². The van der Waals surface area contributed by atoms with E-state index >= 15 is 0 Å². The summed E-state index contributed by atoms with van der Waals surface area (Å²) < 4.78 is 37.1. The Kier molecular flexibility index (Phi) is 13.0. The van der Waals surface area contributed by atoms with Gasteiger partial charge in [-0.05, 0) is 76.0 Å². The number of likely N-dealkylation sites (tertiary alicyclic amines) is 1. The molecule has 2 fully saturated rings.